The van der Waals surface area contributed by atoms with Gasteiger partial charge in [0.25, 0.3) is 0 Å². The number of nitrogens with two attached hydrogens (primary N) is 1. The molecule has 0 bridgehead atoms. The normalized spacial score (nSPS) is 19.9. The summed E-state index contributed by atoms with van der Waals surface area (Å²) in [5, 5.41) is 6.17. The number of nitrogens with one attached hydrogen (secondary N) is 2. The van der Waals surface area contributed by atoms with Crippen molar-refractivity contribution in [2.24, 2.45) is 5.73 Å². The molecule has 1 saturated carbocycles. The Balaban J connectivity index is 2.40. The largest absolute Gasteiger partial charge is 0.355 e. The number of carbonyl (C=O) groups is 1. The molecule has 4 heteroatoms. The molecule has 0 radical (unpaired) electrons. The summed E-state index contributed by atoms with van der Waals surface area (Å²) in [4.78, 5) is 11.6. The van der Waals surface area contributed by atoms with Gasteiger partial charge in [-0.25, -0.2) is 0 Å². The molecule has 0 aromatic heterocycles. The summed E-state index contributed by atoms with van der Waals surface area (Å²) in [7, 11) is 1.96. The van der Waals surface area contributed by atoms with Crippen molar-refractivity contribution >= 4 is 5.91 Å². The van der Waals surface area contributed by atoms with Crippen LogP contribution in [-0.2, 0) is 4.79 Å². The van der Waals surface area contributed by atoms with Crippen molar-refractivity contribution in [1.82, 2.24) is 10.6 Å². The Hall–Kier alpha value is -0.610. The van der Waals surface area contributed by atoms with Crippen molar-refractivity contribution in [1.29, 1.82) is 0 Å². The van der Waals surface area contributed by atoms with Crippen molar-refractivity contribution < 1.29 is 4.79 Å². The lowest BCUT2D eigenvalue weighted by Crippen LogP contribution is -2.48. The molecule has 1 aliphatic carbocycles. The van der Waals surface area contributed by atoms with Crippen LogP contribution in [0.25, 0.3) is 0 Å². The van der Waals surface area contributed by atoms with E-state index >= 15 is 0 Å². The highest BCUT2D eigenvalue weighted by Crippen LogP contribution is 2.30. The van der Waals surface area contributed by atoms with Crippen LogP contribution < -0.4 is 16.4 Å². The maximum Gasteiger partial charge on any atom is 0.221 e. The van der Waals surface area contributed by atoms with Gasteiger partial charge in [-0.2, -0.15) is 0 Å². The van der Waals surface area contributed by atoms with Gasteiger partial charge < -0.3 is 16.4 Å². The van der Waals surface area contributed by atoms with Gasteiger partial charge >= 0.3 is 0 Å². The highest BCUT2D eigenvalue weighted by Gasteiger charge is 2.32. The standard InChI is InChI=1S/C11H23N3O/c1-13-11(5-3-2-4-6-11)9-10(15)14-8-7-12/h13H,2-9,12H2,1H3,(H,14,15). The lowest BCUT2D eigenvalue weighted by atomic mass is 9.79. The molecule has 15 heavy (non-hydrogen) atoms. The van der Waals surface area contributed by atoms with Gasteiger partial charge in [-0.05, 0) is 19.9 Å². The Kier molecular flexibility index (Phi) is 5.05. The fourth-order valence-electron chi connectivity index (χ4n) is 2.33. The predicted molar refractivity (Wildman–Crippen MR) is 61.6 cm³/mol. The third kappa shape index (κ3) is 3.80. The Morgan fingerprint density at radius 1 is 1.33 bits per heavy atom. The summed E-state index contributed by atoms with van der Waals surface area (Å²) in [6.45, 7) is 1.09. The van der Waals surface area contributed by atoms with Crippen LogP contribution in [0.1, 0.15) is 38.5 Å². The third-order valence-electron chi connectivity index (χ3n) is 3.31. The van der Waals surface area contributed by atoms with Gasteiger partial charge in [0.05, 0.1) is 0 Å². The highest BCUT2D eigenvalue weighted by atomic mass is 16.1. The van der Waals surface area contributed by atoms with Crippen molar-refractivity contribution in [2.45, 2.75) is 44.1 Å². The number of amides is 1. The van der Waals surface area contributed by atoms with E-state index in [0.29, 0.717) is 19.5 Å². The fourth-order valence-corrected chi connectivity index (χ4v) is 2.33. The summed E-state index contributed by atoms with van der Waals surface area (Å²) >= 11 is 0. The van der Waals surface area contributed by atoms with E-state index < -0.39 is 0 Å². The molecule has 1 rings (SSSR count). The Labute approximate surface area is 92.0 Å². The minimum absolute atomic E-state index is 0.0386. The molecule has 4 N–H and O–H groups in total. The minimum Gasteiger partial charge on any atom is -0.355 e. The van der Waals surface area contributed by atoms with E-state index in [1.54, 1.807) is 0 Å². The second kappa shape index (κ2) is 6.08. The summed E-state index contributed by atoms with van der Waals surface area (Å²) in [6.07, 6.45) is 6.56. The molecule has 88 valence electrons. The van der Waals surface area contributed by atoms with E-state index in [-0.39, 0.29) is 11.4 Å². The van der Waals surface area contributed by atoms with Crippen LogP contribution in [-0.4, -0.2) is 31.6 Å². The zero-order valence-electron chi connectivity index (χ0n) is 9.64. The van der Waals surface area contributed by atoms with Crippen LogP contribution in [0.15, 0.2) is 0 Å². The van der Waals surface area contributed by atoms with E-state index in [1.165, 1.54) is 19.3 Å². The summed E-state index contributed by atoms with van der Waals surface area (Å²) in [5.74, 6) is 0.122. The molecule has 1 amide bonds. The molecule has 1 aliphatic rings. The first-order valence-corrected chi connectivity index (χ1v) is 5.88. The van der Waals surface area contributed by atoms with Gasteiger partial charge in [0, 0.05) is 25.0 Å². The van der Waals surface area contributed by atoms with Gasteiger partial charge in [-0.3, -0.25) is 4.79 Å². The van der Waals surface area contributed by atoms with Crippen LogP contribution in [0.3, 0.4) is 0 Å². The van der Waals surface area contributed by atoms with E-state index in [0.717, 1.165) is 12.8 Å². The molecule has 0 saturated heterocycles. The average Bonchev–Trinajstić information content (AvgIpc) is 2.27. The third-order valence-corrected chi connectivity index (χ3v) is 3.31. The zero-order chi connectivity index (χ0) is 11.1. The quantitative estimate of drug-likeness (QED) is 0.618. The van der Waals surface area contributed by atoms with Crippen molar-refractivity contribution in [3.8, 4) is 0 Å². The summed E-state index contributed by atoms with van der Waals surface area (Å²) in [5.41, 5.74) is 5.38. The van der Waals surface area contributed by atoms with E-state index in [9.17, 15) is 4.79 Å². The molecule has 0 spiro atoms. The molecule has 0 unspecified atom stereocenters. The van der Waals surface area contributed by atoms with Gasteiger partial charge in [0.2, 0.25) is 5.91 Å². The molecule has 0 aromatic rings. The summed E-state index contributed by atoms with van der Waals surface area (Å²) in [6, 6.07) is 0. The first kappa shape index (κ1) is 12.5. The maximum atomic E-state index is 11.6. The van der Waals surface area contributed by atoms with Crippen LogP contribution in [0.4, 0.5) is 0 Å². The Morgan fingerprint density at radius 3 is 2.53 bits per heavy atom. The first-order valence-electron chi connectivity index (χ1n) is 5.88. The highest BCUT2D eigenvalue weighted by molar-refractivity contribution is 5.77. The Bertz CT molecular complexity index is 200. The molecule has 0 atom stereocenters. The molecule has 0 aliphatic heterocycles. The van der Waals surface area contributed by atoms with Crippen LogP contribution in [0, 0.1) is 0 Å². The van der Waals surface area contributed by atoms with E-state index in [2.05, 4.69) is 10.6 Å². The summed E-state index contributed by atoms with van der Waals surface area (Å²) < 4.78 is 0. The van der Waals surface area contributed by atoms with E-state index in [4.69, 9.17) is 5.73 Å². The lowest BCUT2D eigenvalue weighted by Gasteiger charge is -2.36. The molecule has 0 aromatic carbocycles. The van der Waals surface area contributed by atoms with E-state index in [1.807, 2.05) is 7.05 Å². The van der Waals surface area contributed by atoms with Crippen LogP contribution in [0.5, 0.6) is 0 Å². The molecule has 0 heterocycles. The first-order chi connectivity index (χ1) is 7.22. The average molecular weight is 213 g/mol. The maximum absolute atomic E-state index is 11.6. The Morgan fingerprint density at radius 2 is 2.00 bits per heavy atom. The smallest absolute Gasteiger partial charge is 0.221 e. The lowest BCUT2D eigenvalue weighted by molar-refractivity contribution is -0.122. The van der Waals surface area contributed by atoms with Crippen molar-refractivity contribution in [2.75, 3.05) is 20.1 Å². The SMILES string of the molecule is CNC1(CC(=O)NCCN)CCCCC1. The topological polar surface area (TPSA) is 67.2 Å². The zero-order valence-corrected chi connectivity index (χ0v) is 9.64. The number of rotatable bonds is 5. The molecule has 4 nitrogen and oxygen atoms in total. The monoisotopic (exact) mass is 213 g/mol. The molecular formula is C11H23N3O. The predicted octanol–water partition coefficient (Wildman–Crippen LogP) is 0.374. The molecular weight excluding hydrogens is 190 g/mol. The number of hydrogen-bond acceptors (Lipinski definition) is 3. The van der Waals surface area contributed by atoms with Crippen LogP contribution in [0.2, 0.25) is 0 Å². The fraction of sp³-hybridized carbons (Fsp3) is 0.909. The van der Waals surface area contributed by atoms with Crippen molar-refractivity contribution in [3.63, 3.8) is 0 Å². The van der Waals surface area contributed by atoms with Gasteiger partial charge in [-0.1, -0.05) is 19.3 Å². The second-order valence-corrected chi connectivity index (χ2v) is 4.41. The second-order valence-electron chi connectivity index (χ2n) is 4.41. The van der Waals surface area contributed by atoms with Gasteiger partial charge in [-0.15, -0.1) is 0 Å². The minimum atomic E-state index is 0.0386. The number of carbonyl (C=O) groups excluding carboxylic acids is 1. The van der Waals surface area contributed by atoms with Crippen molar-refractivity contribution in [3.05, 3.63) is 0 Å². The van der Waals surface area contributed by atoms with Gasteiger partial charge in [0.15, 0.2) is 0 Å². The molecule has 1 fully saturated rings. The van der Waals surface area contributed by atoms with Crippen LogP contribution >= 0.6 is 0 Å². The number of hydrogen-bond donors (Lipinski definition) is 3. The van der Waals surface area contributed by atoms with Gasteiger partial charge in [0.1, 0.15) is 0 Å².